The Kier molecular flexibility index (Phi) is 3.81. The number of aromatic amines is 2. The lowest BCUT2D eigenvalue weighted by atomic mass is 10.3. The van der Waals surface area contributed by atoms with Crippen LogP contribution in [0.4, 0.5) is 5.69 Å². The van der Waals surface area contributed by atoms with Gasteiger partial charge in [0.25, 0.3) is 5.56 Å². The number of halogens is 1. The number of nitrogens with zero attached hydrogens (tertiary/aromatic N) is 1. The van der Waals surface area contributed by atoms with Gasteiger partial charge in [-0.3, -0.25) is 20.2 Å². The normalized spacial score (nSPS) is 10.8. The Morgan fingerprint density at radius 3 is 2.53 bits per heavy atom. The van der Waals surface area contributed by atoms with Gasteiger partial charge < -0.3 is 5.11 Å². The second kappa shape index (κ2) is 5.53. The summed E-state index contributed by atoms with van der Waals surface area (Å²) in [5, 5.41) is 13.2. The van der Waals surface area contributed by atoms with Crippen LogP contribution in [0, 0.1) is 0 Å². The molecule has 0 amide bonds. The summed E-state index contributed by atoms with van der Waals surface area (Å²) in [6, 6.07) is 7.20. The summed E-state index contributed by atoms with van der Waals surface area (Å²) in [7, 11) is 0. The molecule has 7 nitrogen and oxygen atoms in total. The number of hydrogen-bond donors (Lipinski definition) is 4. The summed E-state index contributed by atoms with van der Waals surface area (Å²) in [5.41, 5.74) is 1.76. The third-order valence-corrected chi connectivity index (χ3v) is 2.72. The second-order valence-corrected chi connectivity index (χ2v) is 4.46. The van der Waals surface area contributed by atoms with Gasteiger partial charge in [-0.15, -0.1) is 0 Å². The monoisotopic (exact) mass is 324 g/mol. The van der Waals surface area contributed by atoms with Gasteiger partial charge in [0, 0.05) is 4.47 Å². The zero-order valence-corrected chi connectivity index (χ0v) is 11.1. The average Bonchev–Trinajstić information content (AvgIpc) is 2.34. The number of hydrogen-bond acceptors (Lipinski definition) is 5. The minimum Gasteiger partial charge on any atom is -0.494 e. The number of anilines is 1. The van der Waals surface area contributed by atoms with E-state index in [1.165, 1.54) is 0 Å². The van der Waals surface area contributed by atoms with E-state index >= 15 is 0 Å². The van der Waals surface area contributed by atoms with Crippen molar-refractivity contribution in [1.82, 2.24) is 9.97 Å². The number of aromatic nitrogens is 2. The van der Waals surface area contributed by atoms with Crippen LogP contribution >= 0.6 is 15.9 Å². The molecule has 4 N–H and O–H groups in total. The van der Waals surface area contributed by atoms with E-state index < -0.39 is 17.1 Å². The molecule has 0 aliphatic heterocycles. The molecule has 0 bridgehead atoms. The van der Waals surface area contributed by atoms with E-state index in [-0.39, 0.29) is 5.56 Å². The molecule has 0 unspecified atom stereocenters. The summed E-state index contributed by atoms with van der Waals surface area (Å²) >= 11 is 3.30. The molecule has 0 radical (unpaired) electrons. The highest BCUT2D eigenvalue weighted by Crippen LogP contribution is 2.13. The summed E-state index contributed by atoms with van der Waals surface area (Å²) in [4.78, 5) is 26.3. The van der Waals surface area contributed by atoms with Crippen LogP contribution in [0.2, 0.25) is 0 Å². The lowest BCUT2D eigenvalue weighted by Crippen LogP contribution is -2.25. The van der Waals surface area contributed by atoms with Crippen LogP contribution in [0.25, 0.3) is 0 Å². The van der Waals surface area contributed by atoms with Gasteiger partial charge in [0.1, 0.15) is 5.56 Å². The van der Waals surface area contributed by atoms with Crippen LogP contribution < -0.4 is 16.7 Å². The second-order valence-electron chi connectivity index (χ2n) is 3.55. The van der Waals surface area contributed by atoms with Gasteiger partial charge in [-0.1, -0.05) is 15.9 Å². The summed E-state index contributed by atoms with van der Waals surface area (Å²) < 4.78 is 0.928. The predicted molar refractivity (Wildman–Crippen MR) is 74.7 cm³/mol. The quantitative estimate of drug-likeness (QED) is 0.498. The molecule has 1 aromatic carbocycles. The highest BCUT2D eigenvalue weighted by molar-refractivity contribution is 9.10. The number of hydrazone groups is 1. The Labute approximate surface area is 115 Å². The summed E-state index contributed by atoms with van der Waals surface area (Å²) in [6.45, 7) is 0. The Hall–Kier alpha value is -2.35. The van der Waals surface area contributed by atoms with Crippen molar-refractivity contribution in [3.63, 3.8) is 0 Å². The fourth-order valence-electron chi connectivity index (χ4n) is 1.30. The lowest BCUT2D eigenvalue weighted by molar-refractivity contribution is 0.447. The summed E-state index contributed by atoms with van der Waals surface area (Å²) in [6.07, 6.45) is 1.12. The first-order valence-corrected chi connectivity index (χ1v) is 5.96. The van der Waals surface area contributed by atoms with Crippen molar-refractivity contribution in [3.8, 4) is 5.88 Å². The maximum absolute atomic E-state index is 11.4. The van der Waals surface area contributed by atoms with E-state index in [0.29, 0.717) is 5.69 Å². The van der Waals surface area contributed by atoms with E-state index in [9.17, 15) is 14.7 Å². The molecule has 2 rings (SSSR count). The highest BCUT2D eigenvalue weighted by Gasteiger charge is 2.04. The van der Waals surface area contributed by atoms with Crippen molar-refractivity contribution in [3.05, 3.63) is 55.1 Å². The fourth-order valence-corrected chi connectivity index (χ4v) is 1.56. The van der Waals surface area contributed by atoms with Crippen LogP contribution in [0.3, 0.4) is 0 Å². The Balaban J connectivity index is 2.18. The van der Waals surface area contributed by atoms with Gasteiger partial charge in [0.05, 0.1) is 11.9 Å². The molecule has 0 spiro atoms. The summed E-state index contributed by atoms with van der Waals surface area (Å²) in [5.74, 6) is -0.532. The number of benzene rings is 1. The van der Waals surface area contributed by atoms with Crippen molar-refractivity contribution in [2.75, 3.05) is 5.43 Å². The third kappa shape index (κ3) is 3.32. The van der Waals surface area contributed by atoms with Crippen LogP contribution in [-0.4, -0.2) is 21.3 Å². The maximum Gasteiger partial charge on any atom is 0.328 e. The van der Waals surface area contributed by atoms with E-state index in [0.717, 1.165) is 10.7 Å². The zero-order valence-electron chi connectivity index (χ0n) is 9.48. The molecule has 2 aromatic rings. The van der Waals surface area contributed by atoms with E-state index in [1.54, 1.807) is 12.1 Å². The standard InChI is InChI=1S/C11H9BrN4O3/c12-6-1-3-7(4-2-6)16-13-5-8-9(17)14-11(19)15-10(8)18/h1-5,16H,(H3,14,15,17,18,19). The highest BCUT2D eigenvalue weighted by atomic mass is 79.9. The largest absolute Gasteiger partial charge is 0.494 e. The molecular weight excluding hydrogens is 316 g/mol. The zero-order chi connectivity index (χ0) is 13.8. The molecule has 0 atom stereocenters. The fraction of sp³-hybridized carbons (Fsp3) is 0. The van der Waals surface area contributed by atoms with Gasteiger partial charge in [-0.2, -0.15) is 5.10 Å². The number of rotatable bonds is 3. The van der Waals surface area contributed by atoms with Gasteiger partial charge in [-0.25, -0.2) is 4.79 Å². The van der Waals surface area contributed by atoms with Crippen molar-refractivity contribution in [2.45, 2.75) is 0 Å². The van der Waals surface area contributed by atoms with Crippen LogP contribution in [0.15, 0.2) is 43.4 Å². The van der Waals surface area contributed by atoms with E-state index in [4.69, 9.17) is 0 Å². The SMILES string of the molecule is O=c1[nH]c(O)c(C=NNc2ccc(Br)cc2)c(=O)[nH]1. The van der Waals surface area contributed by atoms with Crippen molar-refractivity contribution in [1.29, 1.82) is 0 Å². The Bertz CT molecular complexity index is 718. The van der Waals surface area contributed by atoms with Crippen LogP contribution in [0.5, 0.6) is 5.88 Å². The molecular formula is C11H9BrN4O3. The van der Waals surface area contributed by atoms with Gasteiger partial charge in [-0.05, 0) is 24.3 Å². The van der Waals surface area contributed by atoms with E-state index in [2.05, 4.69) is 31.4 Å². The van der Waals surface area contributed by atoms with Crippen molar-refractivity contribution in [2.24, 2.45) is 5.10 Å². The number of aromatic hydroxyl groups is 1. The Morgan fingerprint density at radius 2 is 1.89 bits per heavy atom. The third-order valence-electron chi connectivity index (χ3n) is 2.19. The molecule has 0 fully saturated rings. The van der Waals surface area contributed by atoms with Gasteiger partial charge in [0.15, 0.2) is 0 Å². The topological polar surface area (TPSA) is 110 Å². The minimum absolute atomic E-state index is 0.135. The number of nitrogens with one attached hydrogen (secondary N) is 3. The smallest absolute Gasteiger partial charge is 0.328 e. The molecule has 0 aliphatic rings. The minimum atomic E-state index is -0.777. The van der Waals surface area contributed by atoms with Gasteiger partial charge >= 0.3 is 5.69 Å². The van der Waals surface area contributed by atoms with Crippen molar-refractivity contribution < 1.29 is 5.11 Å². The van der Waals surface area contributed by atoms with E-state index in [1.807, 2.05) is 17.1 Å². The first-order valence-electron chi connectivity index (χ1n) is 5.16. The molecule has 1 aromatic heterocycles. The predicted octanol–water partition coefficient (Wildman–Crippen LogP) is 0.977. The Morgan fingerprint density at radius 1 is 1.21 bits per heavy atom. The average molecular weight is 325 g/mol. The van der Waals surface area contributed by atoms with Crippen LogP contribution in [0.1, 0.15) is 5.56 Å². The molecule has 8 heteroatoms. The molecule has 0 saturated carbocycles. The first kappa shape index (κ1) is 13.1. The molecule has 0 saturated heterocycles. The van der Waals surface area contributed by atoms with Crippen molar-refractivity contribution >= 4 is 27.8 Å². The van der Waals surface area contributed by atoms with Gasteiger partial charge in [0.2, 0.25) is 5.88 Å². The first-order chi connectivity index (χ1) is 9.06. The molecule has 98 valence electrons. The molecule has 0 aliphatic carbocycles. The number of H-pyrrole nitrogens is 2. The molecule has 1 heterocycles. The lowest BCUT2D eigenvalue weighted by Gasteiger charge is -2.00. The van der Waals surface area contributed by atoms with Crippen LogP contribution in [-0.2, 0) is 0 Å². The maximum atomic E-state index is 11.4. The molecule has 19 heavy (non-hydrogen) atoms.